The number of hydrogen-bond acceptors (Lipinski definition) is 2. The molecule has 2 nitrogen and oxygen atoms in total. The maximum Gasteiger partial charge on any atom is 0.235 e. The van der Waals surface area contributed by atoms with E-state index in [0.717, 1.165) is 5.56 Å². The molecule has 0 amide bonds. The predicted octanol–water partition coefficient (Wildman–Crippen LogP) is 0.961. The molecule has 2 heteroatoms. The third kappa shape index (κ3) is 1.71. The number of carbonyl (C=O) groups excluding carboxylic acids is 1. The lowest BCUT2D eigenvalue weighted by Crippen LogP contribution is -1.98. The summed E-state index contributed by atoms with van der Waals surface area (Å²) in [6.45, 7) is 0.477. The number of terminal acetylenes is 1. The van der Waals surface area contributed by atoms with Gasteiger partial charge in [-0.1, -0.05) is 24.3 Å². The summed E-state index contributed by atoms with van der Waals surface area (Å²) >= 11 is 0. The molecule has 0 fully saturated rings. The van der Waals surface area contributed by atoms with Crippen LogP contribution < -0.4 is 5.73 Å². The van der Waals surface area contributed by atoms with Crippen LogP contribution in [0.2, 0.25) is 0 Å². The summed E-state index contributed by atoms with van der Waals surface area (Å²) < 4.78 is 0. The van der Waals surface area contributed by atoms with Crippen LogP contribution in [0.3, 0.4) is 0 Å². The second kappa shape index (κ2) is 3.70. The highest BCUT2D eigenvalue weighted by Crippen LogP contribution is 2.03. The Labute approximate surface area is 71.4 Å². The quantitative estimate of drug-likeness (QED) is 0.397. The van der Waals surface area contributed by atoms with E-state index in [4.69, 9.17) is 12.2 Å². The molecule has 0 saturated carbocycles. The minimum atomic E-state index is -0.293. The maximum atomic E-state index is 10.9. The lowest BCUT2D eigenvalue weighted by molar-refractivity contribution is 0.105. The van der Waals surface area contributed by atoms with E-state index in [0.29, 0.717) is 12.1 Å². The van der Waals surface area contributed by atoms with Crippen molar-refractivity contribution in [3.63, 3.8) is 0 Å². The van der Waals surface area contributed by atoms with Gasteiger partial charge in [-0.2, -0.15) is 0 Å². The van der Waals surface area contributed by atoms with Gasteiger partial charge in [-0.05, 0) is 11.5 Å². The van der Waals surface area contributed by atoms with Crippen LogP contribution in [0.4, 0.5) is 0 Å². The van der Waals surface area contributed by atoms with Gasteiger partial charge in [-0.3, -0.25) is 4.79 Å². The zero-order chi connectivity index (χ0) is 8.97. The van der Waals surface area contributed by atoms with Crippen LogP contribution in [-0.2, 0) is 6.54 Å². The van der Waals surface area contributed by atoms with Gasteiger partial charge in [-0.25, -0.2) is 0 Å². The molecule has 0 aliphatic heterocycles. The molecule has 12 heavy (non-hydrogen) atoms. The first-order chi connectivity index (χ1) is 5.77. The molecule has 1 aromatic rings. The van der Waals surface area contributed by atoms with Crippen LogP contribution in [-0.4, -0.2) is 5.78 Å². The van der Waals surface area contributed by atoms with Gasteiger partial charge in [0, 0.05) is 12.1 Å². The van der Waals surface area contributed by atoms with E-state index < -0.39 is 0 Å². The highest BCUT2D eigenvalue weighted by Gasteiger charge is 1.99. The summed E-state index contributed by atoms with van der Waals surface area (Å²) in [6, 6.07) is 6.96. The zero-order valence-corrected chi connectivity index (χ0v) is 6.58. The van der Waals surface area contributed by atoms with Gasteiger partial charge in [0.25, 0.3) is 0 Å². The van der Waals surface area contributed by atoms with Gasteiger partial charge in [0.2, 0.25) is 5.78 Å². The topological polar surface area (TPSA) is 43.1 Å². The molecule has 0 unspecified atom stereocenters. The van der Waals surface area contributed by atoms with Crippen molar-refractivity contribution in [3.8, 4) is 12.3 Å². The monoisotopic (exact) mass is 159 g/mol. The van der Waals surface area contributed by atoms with Crippen LogP contribution in [0.5, 0.6) is 0 Å². The van der Waals surface area contributed by atoms with Crippen LogP contribution in [0.15, 0.2) is 24.3 Å². The molecule has 0 saturated heterocycles. The van der Waals surface area contributed by atoms with E-state index in [2.05, 4.69) is 0 Å². The van der Waals surface area contributed by atoms with E-state index in [-0.39, 0.29) is 5.78 Å². The first kappa shape index (κ1) is 8.51. The summed E-state index contributed by atoms with van der Waals surface area (Å²) in [5.41, 5.74) is 6.91. The summed E-state index contributed by atoms with van der Waals surface area (Å²) in [4.78, 5) is 10.9. The van der Waals surface area contributed by atoms with Crippen molar-refractivity contribution in [1.29, 1.82) is 0 Å². The fourth-order valence-electron chi connectivity index (χ4n) is 0.876. The van der Waals surface area contributed by atoms with E-state index in [9.17, 15) is 4.79 Å². The van der Waals surface area contributed by atoms with Crippen molar-refractivity contribution >= 4 is 5.78 Å². The fraction of sp³-hybridized carbons (Fsp3) is 0.100. The van der Waals surface area contributed by atoms with Crippen LogP contribution in [0, 0.1) is 12.3 Å². The van der Waals surface area contributed by atoms with E-state index in [1.54, 1.807) is 24.3 Å². The molecule has 0 aromatic heterocycles. The number of nitrogens with two attached hydrogens (primary N) is 1. The number of rotatable bonds is 2. The van der Waals surface area contributed by atoms with Crippen molar-refractivity contribution in [3.05, 3.63) is 35.4 Å². The molecule has 1 rings (SSSR count). The van der Waals surface area contributed by atoms with Crippen molar-refractivity contribution in [2.75, 3.05) is 0 Å². The van der Waals surface area contributed by atoms with Gasteiger partial charge >= 0.3 is 0 Å². The molecule has 0 aliphatic rings. The van der Waals surface area contributed by atoms with Crippen molar-refractivity contribution in [1.82, 2.24) is 0 Å². The Kier molecular flexibility index (Phi) is 2.62. The predicted molar refractivity (Wildman–Crippen MR) is 47.5 cm³/mol. The first-order valence-electron chi connectivity index (χ1n) is 3.58. The third-order valence-corrected chi connectivity index (χ3v) is 1.58. The summed E-state index contributed by atoms with van der Waals surface area (Å²) in [6.07, 6.45) is 4.95. The van der Waals surface area contributed by atoms with Gasteiger partial charge in [0.05, 0.1) is 0 Å². The summed E-state index contributed by atoms with van der Waals surface area (Å²) in [5, 5.41) is 0. The second-order valence-corrected chi connectivity index (χ2v) is 2.37. The van der Waals surface area contributed by atoms with Gasteiger partial charge < -0.3 is 5.73 Å². The number of ketones is 1. The van der Waals surface area contributed by atoms with Crippen molar-refractivity contribution < 1.29 is 4.79 Å². The summed E-state index contributed by atoms with van der Waals surface area (Å²) in [7, 11) is 0. The van der Waals surface area contributed by atoms with E-state index >= 15 is 0 Å². The Hall–Kier alpha value is -1.59. The zero-order valence-electron chi connectivity index (χ0n) is 6.58. The Morgan fingerprint density at radius 1 is 1.42 bits per heavy atom. The molecule has 60 valence electrons. The van der Waals surface area contributed by atoms with Gasteiger partial charge in [-0.15, -0.1) is 6.42 Å². The Morgan fingerprint density at radius 3 is 2.42 bits per heavy atom. The van der Waals surface area contributed by atoms with E-state index in [1.807, 2.05) is 5.92 Å². The molecule has 0 radical (unpaired) electrons. The van der Waals surface area contributed by atoms with Crippen LogP contribution in [0.1, 0.15) is 15.9 Å². The molecular weight excluding hydrogens is 150 g/mol. The smallest absolute Gasteiger partial charge is 0.235 e. The largest absolute Gasteiger partial charge is 0.326 e. The molecule has 0 heterocycles. The van der Waals surface area contributed by atoms with Crippen LogP contribution >= 0.6 is 0 Å². The van der Waals surface area contributed by atoms with E-state index in [1.165, 1.54) is 0 Å². The van der Waals surface area contributed by atoms with Crippen LogP contribution in [0.25, 0.3) is 0 Å². The number of Topliss-reactive ketones (excluding diaryl/α,β-unsaturated/α-hetero) is 1. The SMILES string of the molecule is C#CC(=O)c1ccc(CN)cc1. The highest BCUT2D eigenvalue weighted by atomic mass is 16.1. The lowest BCUT2D eigenvalue weighted by Gasteiger charge is -1.96. The average Bonchev–Trinajstić information content (AvgIpc) is 2.17. The minimum Gasteiger partial charge on any atom is -0.326 e. The molecular formula is C10H9NO. The molecule has 0 spiro atoms. The van der Waals surface area contributed by atoms with Gasteiger partial charge in [0.15, 0.2) is 0 Å². The molecule has 0 atom stereocenters. The standard InChI is InChI=1S/C10H9NO/c1-2-10(12)9-5-3-8(7-11)4-6-9/h1,3-6H,7,11H2. The highest BCUT2D eigenvalue weighted by molar-refractivity contribution is 6.08. The average molecular weight is 159 g/mol. The van der Waals surface area contributed by atoms with Gasteiger partial charge in [0.1, 0.15) is 0 Å². The second-order valence-electron chi connectivity index (χ2n) is 2.37. The Morgan fingerprint density at radius 2 is 2.00 bits per heavy atom. The molecule has 2 N–H and O–H groups in total. The molecule has 0 aliphatic carbocycles. The Balaban J connectivity index is 2.94. The third-order valence-electron chi connectivity index (χ3n) is 1.58. The molecule has 0 bridgehead atoms. The van der Waals surface area contributed by atoms with Crippen molar-refractivity contribution in [2.45, 2.75) is 6.54 Å². The number of carbonyl (C=O) groups is 1. The first-order valence-corrected chi connectivity index (χ1v) is 3.58. The maximum absolute atomic E-state index is 10.9. The minimum absolute atomic E-state index is 0.293. The number of hydrogen-bond donors (Lipinski definition) is 1. The normalized spacial score (nSPS) is 9.00. The molecule has 1 aromatic carbocycles. The lowest BCUT2D eigenvalue weighted by atomic mass is 10.1. The fourth-order valence-corrected chi connectivity index (χ4v) is 0.876. The number of benzene rings is 1. The van der Waals surface area contributed by atoms with Crippen molar-refractivity contribution in [2.24, 2.45) is 5.73 Å². The Bertz CT molecular complexity index is 319. The summed E-state index contributed by atoms with van der Waals surface area (Å²) in [5.74, 6) is 1.76.